The number of anilines is 2. The van der Waals surface area contributed by atoms with Crippen LogP contribution in [0.25, 0.3) is 0 Å². The standard InChI is InChI=1S/C16H24N2O/c1-3-16(19)18-15-6-4-5-14(11-15)17-13-9-7-12(2)8-10-13/h4-6,11-13,17H,3,7-10H2,1-2H3,(H,18,19). The zero-order chi connectivity index (χ0) is 13.7. The highest BCUT2D eigenvalue weighted by Crippen LogP contribution is 2.26. The van der Waals surface area contributed by atoms with Crippen molar-refractivity contribution in [3.8, 4) is 0 Å². The van der Waals surface area contributed by atoms with Crippen LogP contribution in [-0.4, -0.2) is 11.9 Å². The molecule has 3 heteroatoms. The van der Waals surface area contributed by atoms with Crippen molar-refractivity contribution < 1.29 is 4.79 Å². The molecule has 1 aliphatic rings. The van der Waals surface area contributed by atoms with Crippen LogP contribution in [0, 0.1) is 5.92 Å². The predicted octanol–water partition coefficient (Wildman–Crippen LogP) is 4.03. The molecule has 0 spiro atoms. The number of carbonyl (C=O) groups excluding carboxylic acids is 1. The zero-order valence-corrected chi connectivity index (χ0v) is 11.9. The molecule has 2 rings (SSSR count). The number of carbonyl (C=O) groups is 1. The second-order valence-corrected chi connectivity index (χ2v) is 5.58. The van der Waals surface area contributed by atoms with Crippen molar-refractivity contribution in [1.29, 1.82) is 0 Å². The number of hydrogen-bond acceptors (Lipinski definition) is 2. The largest absolute Gasteiger partial charge is 0.382 e. The third kappa shape index (κ3) is 4.27. The van der Waals surface area contributed by atoms with Gasteiger partial charge in [0.25, 0.3) is 0 Å². The molecular weight excluding hydrogens is 236 g/mol. The third-order valence-corrected chi connectivity index (χ3v) is 3.85. The summed E-state index contributed by atoms with van der Waals surface area (Å²) in [5.41, 5.74) is 1.98. The van der Waals surface area contributed by atoms with Crippen molar-refractivity contribution in [3.63, 3.8) is 0 Å². The van der Waals surface area contributed by atoms with Crippen molar-refractivity contribution in [3.05, 3.63) is 24.3 Å². The first-order valence-electron chi connectivity index (χ1n) is 7.34. The zero-order valence-electron chi connectivity index (χ0n) is 11.9. The summed E-state index contributed by atoms with van der Waals surface area (Å²) >= 11 is 0. The lowest BCUT2D eigenvalue weighted by molar-refractivity contribution is -0.115. The molecule has 0 saturated heterocycles. The highest BCUT2D eigenvalue weighted by atomic mass is 16.1. The van der Waals surface area contributed by atoms with Crippen LogP contribution in [0.3, 0.4) is 0 Å². The average Bonchev–Trinajstić information content (AvgIpc) is 2.42. The quantitative estimate of drug-likeness (QED) is 0.858. The molecular formula is C16H24N2O. The molecule has 3 nitrogen and oxygen atoms in total. The normalized spacial score (nSPS) is 22.8. The molecule has 2 N–H and O–H groups in total. The molecule has 1 saturated carbocycles. The fourth-order valence-electron chi connectivity index (χ4n) is 2.58. The van der Waals surface area contributed by atoms with Gasteiger partial charge in [0.1, 0.15) is 0 Å². The topological polar surface area (TPSA) is 41.1 Å². The lowest BCUT2D eigenvalue weighted by atomic mass is 9.87. The maximum atomic E-state index is 11.4. The third-order valence-electron chi connectivity index (χ3n) is 3.85. The van der Waals surface area contributed by atoms with Gasteiger partial charge in [0, 0.05) is 23.8 Å². The van der Waals surface area contributed by atoms with Crippen molar-refractivity contribution in [1.82, 2.24) is 0 Å². The molecule has 0 heterocycles. The van der Waals surface area contributed by atoms with Gasteiger partial charge in [0.2, 0.25) is 5.91 Å². The van der Waals surface area contributed by atoms with E-state index in [4.69, 9.17) is 0 Å². The Morgan fingerprint density at radius 3 is 2.58 bits per heavy atom. The van der Waals surface area contributed by atoms with Crippen LogP contribution in [0.5, 0.6) is 0 Å². The van der Waals surface area contributed by atoms with E-state index in [0.29, 0.717) is 12.5 Å². The van der Waals surface area contributed by atoms with E-state index >= 15 is 0 Å². The molecule has 104 valence electrons. The Kier molecular flexibility index (Phi) is 4.83. The summed E-state index contributed by atoms with van der Waals surface area (Å²) in [4.78, 5) is 11.4. The van der Waals surface area contributed by atoms with E-state index in [2.05, 4.69) is 23.6 Å². The minimum atomic E-state index is 0.0589. The molecule has 0 atom stereocenters. The molecule has 1 fully saturated rings. The maximum absolute atomic E-state index is 11.4. The first kappa shape index (κ1) is 13.9. The summed E-state index contributed by atoms with van der Waals surface area (Å²) in [6.45, 7) is 4.19. The van der Waals surface area contributed by atoms with Gasteiger partial charge in [-0.2, -0.15) is 0 Å². The lowest BCUT2D eigenvalue weighted by Gasteiger charge is -2.27. The van der Waals surface area contributed by atoms with Crippen LogP contribution < -0.4 is 10.6 Å². The summed E-state index contributed by atoms with van der Waals surface area (Å²) < 4.78 is 0. The molecule has 1 amide bonds. The van der Waals surface area contributed by atoms with E-state index in [1.807, 2.05) is 25.1 Å². The Hall–Kier alpha value is -1.51. The van der Waals surface area contributed by atoms with E-state index in [9.17, 15) is 4.79 Å². The fraction of sp³-hybridized carbons (Fsp3) is 0.562. The Labute approximate surface area is 115 Å². The predicted molar refractivity (Wildman–Crippen MR) is 80.4 cm³/mol. The number of nitrogens with one attached hydrogen (secondary N) is 2. The van der Waals surface area contributed by atoms with Crippen LogP contribution >= 0.6 is 0 Å². The molecule has 0 aliphatic heterocycles. The van der Waals surface area contributed by atoms with Gasteiger partial charge in [-0.3, -0.25) is 4.79 Å². The Morgan fingerprint density at radius 1 is 1.21 bits per heavy atom. The Morgan fingerprint density at radius 2 is 1.89 bits per heavy atom. The summed E-state index contributed by atoms with van der Waals surface area (Å²) in [6, 6.07) is 8.58. The van der Waals surface area contributed by atoms with E-state index in [1.54, 1.807) is 0 Å². The number of amides is 1. The van der Waals surface area contributed by atoms with E-state index in [-0.39, 0.29) is 5.91 Å². The van der Waals surface area contributed by atoms with E-state index in [0.717, 1.165) is 17.3 Å². The highest BCUT2D eigenvalue weighted by Gasteiger charge is 2.17. The SMILES string of the molecule is CCC(=O)Nc1cccc(NC2CCC(C)CC2)c1. The average molecular weight is 260 g/mol. The fourth-order valence-corrected chi connectivity index (χ4v) is 2.58. The number of benzene rings is 1. The molecule has 0 aromatic heterocycles. The summed E-state index contributed by atoms with van der Waals surface area (Å²) in [5.74, 6) is 0.928. The summed E-state index contributed by atoms with van der Waals surface area (Å²) in [6.07, 6.45) is 5.62. The lowest BCUT2D eigenvalue weighted by Crippen LogP contribution is -2.25. The van der Waals surface area contributed by atoms with E-state index in [1.165, 1.54) is 25.7 Å². The molecule has 0 unspecified atom stereocenters. The van der Waals surface area contributed by atoms with Crippen LogP contribution in [0.4, 0.5) is 11.4 Å². The summed E-state index contributed by atoms with van der Waals surface area (Å²) in [5, 5.41) is 6.48. The number of hydrogen-bond donors (Lipinski definition) is 2. The van der Waals surface area contributed by atoms with Crippen molar-refractivity contribution >= 4 is 17.3 Å². The van der Waals surface area contributed by atoms with Crippen LogP contribution in [0.1, 0.15) is 46.0 Å². The highest BCUT2D eigenvalue weighted by molar-refractivity contribution is 5.90. The first-order valence-corrected chi connectivity index (χ1v) is 7.34. The van der Waals surface area contributed by atoms with Crippen LogP contribution in [-0.2, 0) is 4.79 Å². The first-order chi connectivity index (χ1) is 9.17. The monoisotopic (exact) mass is 260 g/mol. The van der Waals surface area contributed by atoms with Gasteiger partial charge in [-0.15, -0.1) is 0 Å². The number of rotatable bonds is 4. The Bertz CT molecular complexity index is 423. The smallest absolute Gasteiger partial charge is 0.224 e. The van der Waals surface area contributed by atoms with Crippen LogP contribution in [0.2, 0.25) is 0 Å². The van der Waals surface area contributed by atoms with Gasteiger partial charge >= 0.3 is 0 Å². The molecule has 0 radical (unpaired) electrons. The molecule has 1 aliphatic carbocycles. The van der Waals surface area contributed by atoms with Crippen molar-refractivity contribution in [2.45, 2.75) is 52.0 Å². The van der Waals surface area contributed by atoms with Gasteiger partial charge in [0.05, 0.1) is 0 Å². The maximum Gasteiger partial charge on any atom is 0.224 e. The second kappa shape index (κ2) is 6.60. The minimum Gasteiger partial charge on any atom is -0.382 e. The molecule has 1 aromatic rings. The minimum absolute atomic E-state index is 0.0589. The van der Waals surface area contributed by atoms with Gasteiger partial charge in [-0.25, -0.2) is 0 Å². The molecule has 19 heavy (non-hydrogen) atoms. The van der Waals surface area contributed by atoms with E-state index < -0.39 is 0 Å². The van der Waals surface area contributed by atoms with Gasteiger partial charge in [0.15, 0.2) is 0 Å². The van der Waals surface area contributed by atoms with Crippen molar-refractivity contribution in [2.24, 2.45) is 5.92 Å². The molecule has 1 aromatic carbocycles. The van der Waals surface area contributed by atoms with Crippen LogP contribution in [0.15, 0.2) is 24.3 Å². The second-order valence-electron chi connectivity index (χ2n) is 5.58. The van der Waals surface area contributed by atoms with Gasteiger partial charge in [-0.1, -0.05) is 19.9 Å². The van der Waals surface area contributed by atoms with Crippen molar-refractivity contribution in [2.75, 3.05) is 10.6 Å². The van der Waals surface area contributed by atoms with Gasteiger partial charge in [-0.05, 0) is 49.8 Å². The molecule has 0 bridgehead atoms. The Balaban J connectivity index is 1.93. The van der Waals surface area contributed by atoms with Gasteiger partial charge < -0.3 is 10.6 Å². The summed E-state index contributed by atoms with van der Waals surface area (Å²) in [7, 11) is 0.